The Kier molecular flexibility index (Phi) is 3.27. The molecule has 1 unspecified atom stereocenters. The predicted molar refractivity (Wildman–Crippen MR) is 46.1 cm³/mol. The second-order valence-corrected chi connectivity index (χ2v) is 3.39. The minimum absolute atomic E-state index is 0.0162. The molecule has 0 aromatic rings. The van der Waals surface area contributed by atoms with Gasteiger partial charge in [-0.3, -0.25) is 4.79 Å². The van der Waals surface area contributed by atoms with Gasteiger partial charge >= 0.3 is 5.97 Å². The summed E-state index contributed by atoms with van der Waals surface area (Å²) in [6.45, 7) is 4.97. The summed E-state index contributed by atoms with van der Waals surface area (Å²) in [6.07, 6.45) is 0.326. The molecule has 1 aliphatic rings. The lowest BCUT2D eigenvalue weighted by Crippen LogP contribution is -2.35. The summed E-state index contributed by atoms with van der Waals surface area (Å²) in [7, 11) is 1.38. The molecule has 4 nitrogen and oxygen atoms in total. The zero-order valence-corrected chi connectivity index (χ0v) is 8.33. The van der Waals surface area contributed by atoms with Crippen molar-refractivity contribution in [2.75, 3.05) is 20.3 Å². The first kappa shape index (κ1) is 10.5. The van der Waals surface area contributed by atoms with Crippen LogP contribution < -0.4 is 0 Å². The van der Waals surface area contributed by atoms with Crippen molar-refractivity contribution in [2.24, 2.45) is 5.92 Å². The Morgan fingerprint density at radius 3 is 2.54 bits per heavy atom. The molecule has 1 heterocycles. The first-order chi connectivity index (χ1) is 6.08. The van der Waals surface area contributed by atoms with Gasteiger partial charge in [0.1, 0.15) is 0 Å². The van der Waals surface area contributed by atoms with Crippen molar-refractivity contribution in [3.8, 4) is 0 Å². The van der Waals surface area contributed by atoms with Gasteiger partial charge in [0.25, 0.3) is 0 Å². The van der Waals surface area contributed by atoms with Crippen LogP contribution in [0.25, 0.3) is 0 Å². The highest BCUT2D eigenvalue weighted by molar-refractivity contribution is 5.69. The summed E-state index contributed by atoms with van der Waals surface area (Å²) in [5, 5.41) is 0. The van der Waals surface area contributed by atoms with Crippen LogP contribution in [-0.4, -0.2) is 32.1 Å². The summed E-state index contributed by atoms with van der Waals surface area (Å²) in [4.78, 5) is 11.0. The monoisotopic (exact) mass is 188 g/mol. The van der Waals surface area contributed by atoms with Crippen LogP contribution in [0.15, 0.2) is 0 Å². The van der Waals surface area contributed by atoms with Crippen LogP contribution in [0.1, 0.15) is 20.3 Å². The van der Waals surface area contributed by atoms with Gasteiger partial charge in [-0.25, -0.2) is 0 Å². The van der Waals surface area contributed by atoms with E-state index in [1.807, 2.05) is 13.8 Å². The molecule has 0 aromatic heterocycles. The van der Waals surface area contributed by atoms with Crippen molar-refractivity contribution in [3.05, 3.63) is 0 Å². The van der Waals surface area contributed by atoms with E-state index in [1.54, 1.807) is 0 Å². The molecule has 1 rings (SSSR count). The van der Waals surface area contributed by atoms with E-state index in [4.69, 9.17) is 9.47 Å². The van der Waals surface area contributed by atoms with Crippen LogP contribution in [0.2, 0.25) is 0 Å². The lowest BCUT2D eigenvalue weighted by atomic mass is 9.99. The summed E-state index contributed by atoms with van der Waals surface area (Å²) in [5.74, 6) is -0.830. The van der Waals surface area contributed by atoms with Crippen LogP contribution in [0.5, 0.6) is 0 Å². The van der Waals surface area contributed by atoms with E-state index in [0.717, 1.165) is 0 Å². The minimum Gasteiger partial charge on any atom is -0.469 e. The number of carbonyl (C=O) groups is 1. The molecule has 0 spiro atoms. The Morgan fingerprint density at radius 1 is 1.54 bits per heavy atom. The van der Waals surface area contributed by atoms with Crippen molar-refractivity contribution in [1.82, 2.24) is 0 Å². The number of hydrogen-bond acceptors (Lipinski definition) is 4. The van der Waals surface area contributed by atoms with Crippen LogP contribution in [0.4, 0.5) is 0 Å². The second-order valence-electron chi connectivity index (χ2n) is 3.39. The SMILES string of the molecule is COC(=O)CC(C)C1(C)OCCO1. The van der Waals surface area contributed by atoms with Gasteiger partial charge in [0.15, 0.2) is 5.79 Å². The molecule has 0 saturated carbocycles. The van der Waals surface area contributed by atoms with Crippen molar-refractivity contribution >= 4 is 5.97 Å². The molecule has 0 amide bonds. The van der Waals surface area contributed by atoms with Gasteiger partial charge in [-0.05, 0) is 6.92 Å². The van der Waals surface area contributed by atoms with Crippen molar-refractivity contribution in [2.45, 2.75) is 26.1 Å². The highest BCUT2D eigenvalue weighted by Crippen LogP contribution is 2.29. The van der Waals surface area contributed by atoms with E-state index in [9.17, 15) is 4.79 Å². The first-order valence-electron chi connectivity index (χ1n) is 4.43. The number of rotatable bonds is 3. The molecule has 1 aliphatic heterocycles. The van der Waals surface area contributed by atoms with Gasteiger partial charge in [-0.2, -0.15) is 0 Å². The zero-order valence-electron chi connectivity index (χ0n) is 8.33. The Bertz CT molecular complexity index is 184. The number of hydrogen-bond donors (Lipinski definition) is 0. The summed E-state index contributed by atoms with van der Waals surface area (Å²) < 4.78 is 15.4. The van der Waals surface area contributed by atoms with Crippen molar-refractivity contribution in [3.63, 3.8) is 0 Å². The van der Waals surface area contributed by atoms with Crippen molar-refractivity contribution < 1.29 is 19.0 Å². The Hall–Kier alpha value is -0.610. The molecular weight excluding hydrogens is 172 g/mol. The third-order valence-electron chi connectivity index (χ3n) is 2.46. The summed E-state index contributed by atoms with van der Waals surface area (Å²) >= 11 is 0. The summed E-state index contributed by atoms with van der Waals surface area (Å²) in [6, 6.07) is 0. The zero-order chi connectivity index (χ0) is 9.90. The van der Waals surface area contributed by atoms with Crippen molar-refractivity contribution in [1.29, 1.82) is 0 Å². The number of methoxy groups -OCH3 is 1. The van der Waals surface area contributed by atoms with Gasteiger partial charge in [0.05, 0.1) is 26.7 Å². The minimum atomic E-state index is -0.617. The van der Waals surface area contributed by atoms with E-state index in [2.05, 4.69) is 4.74 Å². The molecule has 0 N–H and O–H groups in total. The van der Waals surface area contributed by atoms with E-state index < -0.39 is 5.79 Å². The maximum Gasteiger partial charge on any atom is 0.305 e. The fraction of sp³-hybridized carbons (Fsp3) is 0.889. The number of esters is 1. The van der Waals surface area contributed by atoms with Gasteiger partial charge < -0.3 is 14.2 Å². The topological polar surface area (TPSA) is 44.8 Å². The van der Waals surface area contributed by atoms with Gasteiger partial charge in [0.2, 0.25) is 0 Å². The molecule has 0 radical (unpaired) electrons. The molecule has 13 heavy (non-hydrogen) atoms. The molecular formula is C9H16O4. The first-order valence-corrected chi connectivity index (χ1v) is 4.43. The molecule has 1 atom stereocenters. The standard InChI is InChI=1S/C9H16O4/c1-7(6-8(10)11-3)9(2)12-4-5-13-9/h7H,4-6H2,1-3H3. The largest absolute Gasteiger partial charge is 0.469 e. The van der Waals surface area contributed by atoms with E-state index in [0.29, 0.717) is 19.6 Å². The summed E-state index contributed by atoms with van der Waals surface area (Å²) in [5.41, 5.74) is 0. The third-order valence-corrected chi connectivity index (χ3v) is 2.46. The van der Waals surface area contributed by atoms with Crippen LogP contribution in [0, 0.1) is 5.92 Å². The van der Waals surface area contributed by atoms with Crippen LogP contribution in [0.3, 0.4) is 0 Å². The maximum absolute atomic E-state index is 11.0. The lowest BCUT2D eigenvalue weighted by Gasteiger charge is -2.28. The fourth-order valence-corrected chi connectivity index (χ4v) is 1.33. The number of carbonyl (C=O) groups excluding carboxylic acids is 1. The van der Waals surface area contributed by atoms with Crippen LogP contribution >= 0.6 is 0 Å². The van der Waals surface area contributed by atoms with Crippen LogP contribution in [-0.2, 0) is 19.0 Å². The Labute approximate surface area is 78.2 Å². The second kappa shape index (κ2) is 4.07. The number of ether oxygens (including phenoxy) is 3. The molecule has 1 fully saturated rings. The fourth-order valence-electron chi connectivity index (χ4n) is 1.33. The average Bonchev–Trinajstić information content (AvgIpc) is 2.53. The van der Waals surface area contributed by atoms with E-state index in [-0.39, 0.29) is 11.9 Å². The molecule has 76 valence electrons. The van der Waals surface area contributed by atoms with E-state index >= 15 is 0 Å². The predicted octanol–water partition coefficient (Wildman–Crippen LogP) is 0.949. The molecule has 1 saturated heterocycles. The van der Waals surface area contributed by atoms with Gasteiger partial charge in [0, 0.05) is 5.92 Å². The average molecular weight is 188 g/mol. The molecule has 0 bridgehead atoms. The van der Waals surface area contributed by atoms with Gasteiger partial charge in [-0.15, -0.1) is 0 Å². The quantitative estimate of drug-likeness (QED) is 0.618. The Balaban J connectivity index is 2.46. The highest BCUT2D eigenvalue weighted by atomic mass is 16.7. The third kappa shape index (κ3) is 2.42. The normalized spacial score (nSPS) is 22.7. The molecule has 4 heteroatoms. The molecule has 0 aromatic carbocycles. The van der Waals surface area contributed by atoms with Gasteiger partial charge in [-0.1, -0.05) is 6.92 Å². The Morgan fingerprint density at radius 2 is 2.08 bits per heavy atom. The van der Waals surface area contributed by atoms with E-state index in [1.165, 1.54) is 7.11 Å². The lowest BCUT2D eigenvalue weighted by molar-refractivity contribution is -0.184. The smallest absolute Gasteiger partial charge is 0.305 e. The molecule has 0 aliphatic carbocycles. The highest BCUT2D eigenvalue weighted by Gasteiger charge is 2.38. The maximum atomic E-state index is 11.0.